The summed E-state index contributed by atoms with van der Waals surface area (Å²) in [6, 6.07) is -0.376. The van der Waals surface area contributed by atoms with Crippen molar-refractivity contribution in [2.24, 2.45) is 0 Å². The first-order chi connectivity index (χ1) is 7.11. The number of carbonyl (C=O) groups excluding carboxylic acids is 2. The van der Waals surface area contributed by atoms with E-state index < -0.39 is 0 Å². The van der Waals surface area contributed by atoms with Crippen molar-refractivity contribution >= 4 is 11.8 Å². The summed E-state index contributed by atoms with van der Waals surface area (Å²) < 4.78 is 0. The van der Waals surface area contributed by atoms with E-state index in [1.54, 1.807) is 0 Å². The summed E-state index contributed by atoms with van der Waals surface area (Å²) in [4.78, 5) is 23.3. The highest BCUT2D eigenvalue weighted by atomic mass is 16.3. The Morgan fingerprint density at radius 2 is 1.73 bits per heavy atom. The van der Waals surface area contributed by atoms with Crippen LogP contribution in [0.25, 0.3) is 0 Å². The third-order valence-electron chi connectivity index (χ3n) is 1.78. The van der Waals surface area contributed by atoms with Crippen LogP contribution in [0.1, 0.15) is 13.3 Å². The second-order valence-electron chi connectivity index (χ2n) is 3.12. The fourth-order valence-corrected chi connectivity index (χ4v) is 1.01. The molecule has 0 radical (unpaired) electrons. The van der Waals surface area contributed by atoms with Crippen LogP contribution in [0.4, 0.5) is 4.79 Å². The first-order valence-electron chi connectivity index (χ1n) is 4.85. The summed E-state index contributed by atoms with van der Waals surface area (Å²) >= 11 is 0. The van der Waals surface area contributed by atoms with Crippen molar-refractivity contribution in [2.45, 2.75) is 13.3 Å². The molecule has 88 valence electrons. The maximum Gasteiger partial charge on any atom is 0.317 e. The standard InChI is InChI=1S/C9H18N2O4/c1-8(14)2-3-10-9(15)11(4-6-12)5-7-13/h12-13H,2-7H2,1H3,(H,10,15). The minimum atomic E-state index is -0.376. The fourth-order valence-electron chi connectivity index (χ4n) is 1.01. The quantitative estimate of drug-likeness (QED) is 0.509. The molecule has 3 N–H and O–H groups in total. The van der Waals surface area contributed by atoms with Gasteiger partial charge in [-0.05, 0) is 6.92 Å². The van der Waals surface area contributed by atoms with Crippen molar-refractivity contribution in [1.82, 2.24) is 10.2 Å². The second kappa shape index (κ2) is 8.19. The summed E-state index contributed by atoms with van der Waals surface area (Å²) in [5, 5.41) is 19.9. The minimum absolute atomic E-state index is 0.00571. The predicted octanol–water partition coefficient (Wildman–Crippen LogP) is -1.04. The van der Waals surface area contributed by atoms with Crippen molar-refractivity contribution in [3.8, 4) is 0 Å². The van der Waals surface area contributed by atoms with Crippen molar-refractivity contribution in [3.63, 3.8) is 0 Å². The molecule has 0 bridgehead atoms. The van der Waals surface area contributed by atoms with E-state index in [1.807, 2.05) is 0 Å². The van der Waals surface area contributed by atoms with Crippen molar-refractivity contribution < 1.29 is 19.8 Å². The lowest BCUT2D eigenvalue weighted by atomic mass is 10.3. The van der Waals surface area contributed by atoms with Crippen LogP contribution in [0.2, 0.25) is 0 Å². The Balaban J connectivity index is 3.85. The number of hydrogen-bond donors (Lipinski definition) is 3. The molecule has 0 heterocycles. The zero-order valence-electron chi connectivity index (χ0n) is 8.90. The summed E-state index contributed by atoms with van der Waals surface area (Å²) in [5.74, 6) is 0.00571. The minimum Gasteiger partial charge on any atom is -0.395 e. The lowest BCUT2D eigenvalue weighted by molar-refractivity contribution is -0.116. The number of carbonyl (C=O) groups is 2. The van der Waals surface area contributed by atoms with E-state index in [0.717, 1.165) is 0 Å². The molecular formula is C9H18N2O4. The molecule has 2 amide bonds. The summed E-state index contributed by atoms with van der Waals surface area (Å²) in [5.41, 5.74) is 0. The van der Waals surface area contributed by atoms with Gasteiger partial charge in [0.1, 0.15) is 5.78 Å². The van der Waals surface area contributed by atoms with Crippen molar-refractivity contribution in [2.75, 3.05) is 32.8 Å². The van der Waals surface area contributed by atoms with Gasteiger partial charge in [0.05, 0.1) is 13.2 Å². The Bertz CT molecular complexity index is 202. The van der Waals surface area contributed by atoms with Crippen molar-refractivity contribution in [3.05, 3.63) is 0 Å². The topological polar surface area (TPSA) is 89.9 Å². The number of hydrogen-bond acceptors (Lipinski definition) is 4. The number of amides is 2. The number of Topliss-reactive ketones (excluding diaryl/α,β-unsaturated/α-hetero) is 1. The van der Waals surface area contributed by atoms with Gasteiger partial charge in [0.15, 0.2) is 0 Å². The predicted molar refractivity (Wildman–Crippen MR) is 54.4 cm³/mol. The molecule has 0 rings (SSSR count). The van der Waals surface area contributed by atoms with Crippen LogP contribution in [0, 0.1) is 0 Å². The highest BCUT2D eigenvalue weighted by Crippen LogP contribution is 1.89. The third kappa shape index (κ3) is 6.87. The SMILES string of the molecule is CC(=O)CCNC(=O)N(CCO)CCO. The Morgan fingerprint density at radius 3 is 2.13 bits per heavy atom. The molecule has 6 heteroatoms. The fraction of sp³-hybridized carbons (Fsp3) is 0.778. The van der Waals surface area contributed by atoms with E-state index in [9.17, 15) is 9.59 Å². The zero-order valence-corrected chi connectivity index (χ0v) is 8.90. The largest absolute Gasteiger partial charge is 0.395 e. The summed E-state index contributed by atoms with van der Waals surface area (Å²) in [6.45, 7) is 1.77. The Hall–Kier alpha value is -1.14. The first kappa shape index (κ1) is 13.9. The molecule has 0 atom stereocenters. The molecule has 0 aliphatic rings. The molecule has 0 saturated carbocycles. The summed E-state index contributed by atoms with van der Waals surface area (Å²) in [7, 11) is 0. The van der Waals surface area contributed by atoms with E-state index in [1.165, 1.54) is 11.8 Å². The normalized spacial score (nSPS) is 9.80. The Labute approximate surface area is 88.9 Å². The van der Waals surface area contributed by atoms with Gasteiger partial charge in [-0.1, -0.05) is 0 Å². The molecular weight excluding hydrogens is 200 g/mol. The Morgan fingerprint density at radius 1 is 1.20 bits per heavy atom. The van der Waals surface area contributed by atoms with Gasteiger partial charge in [0, 0.05) is 26.1 Å². The molecule has 0 aromatic heterocycles. The number of ketones is 1. The van der Waals surface area contributed by atoms with Crippen LogP contribution in [-0.4, -0.2) is 59.8 Å². The van der Waals surface area contributed by atoms with E-state index >= 15 is 0 Å². The maximum atomic E-state index is 11.4. The first-order valence-corrected chi connectivity index (χ1v) is 4.85. The number of rotatable bonds is 7. The average Bonchev–Trinajstić information content (AvgIpc) is 2.16. The molecule has 15 heavy (non-hydrogen) atoms. The van der Waals surface area contributed by atoms with Crippen LogP contribution in [0.3, 0.4) is 0 Å². The highest BCUT2D eigenvalue weighted by molar-refractivity contribution is 5.77. The summed E-state index contributed by atoms with van der Waals surface area (Å²) in [6.07, 6.45) is 0.290. The zero-order chi connectivity index (χ0) is 11.7. The van der Waals surface area contributed by atoms with Crippen molar-refractivity contribution in [1.29, 1.82) is 0 Å². The maximum absolute atomic E-state index is 11.4. The second-order valence-corrected chi connectivity index (χ2v) is 3.12. The van der Waals surface area contributed by atoms with E-state index in [4.69, 9.17) is 10.2 Å². The van der Waals surface area contributed by atoms with Crippen LogP contribution in [-0.2, 0) is 4.79 Å². The monoisotopic (exact) mass is 218 g/mol. The lowest BCUT2D eigenvalue weighted by Gasteiger charge is -2.20. The molecule has 0 aliphatic heterocycles. The smallest absolute Gasteiger partial charge is 0.317 e. The van der Waals surface area contributed by atoms with Gasteiger partial charge < -0.3 is 20.4 Å². The van der Waals surface area contributed by atoms with Crippen LogP contribution >= 0.6 is 0 Å². The number of nitrogens with zero attached hydrogens (tertiary/aromatic N) is 1. The van der Waals surface area contributed by atoms with Gasteiger partial charge in [-0.15, -0.1) is 0 Å². The van der Waals surface area contributed by atoms with E-state index in [2.05, 4.69) is 5.32 Å². The van der Waals surface area contributed by atoms with Gasteiger partial charge in [0.2, 0.25) is 0 Å². The number of aliphatic hydroxyl groups is 2. The average molecular weight is 218 g/mol. The molecule has 0 saturated heterocycles. The third-order valence-corrected chi connectivity index (χ3v) is 1.78. The molecule has 0 aliphatic carbocycles. The molecule has 0 aromatic rings. The molecule has 0 aromatic carbocycles. The number of urea groups is 1. The van der Waals surface area contributed by atoms with E-state index in [-0.39, 0.29) is 51.1 Å². The van der Waals surface area contributed by atoms with Gasteiger partial charge in [0.25, 0.3) is 0 Å². The Kier molecular flexibility index (Phi) is 7.57. The highest BCUT2D eigenvalue weighted by Gasteiger charge is 2.11. The molecule has 6 nitrogen and oxygen atoms in total. The lowest BCUT2D eigenvalue weighted by Crippen LogP contribution is -2.43. The van der Waals surface area contributed by atoms with Crippen LogP contribution < -0.4 is 5.32 Å². The van der Waals surface area contributed by atoms with Gasteiger partial charge in [-0.3, -0.25) is 4.79 Å². The molecule has 0 spiro atoms. The number of aliphatic hydroxyl groups excluding tert-OH is 2. The molecule has 0 unspecified atom stereocenters. The van der Waals surface area contributed by atoms with Gasteiger partial charge in [-0.2, -0.15) is 0 Å². The van der Waals surface area contributed by atoms with Crippen LogP contribution in [0.15, 0.2) is 0 Å². The van der Waals surface area contributed by atoms with Gasteiger partial charge in [-0.25, -0.2) is 4.79 Å². The molecule has 0 fully saturated rings. The van der Waals surface area contributed by atoms with E-state index in [0.29, 0.717) is 0 Å². The van der Waals surface area contributed by atoms with Gasteiger partial charge >= 0.3 is 6.03 Å². The van der Waals surface area contributed by atoms with Crippen LogP contribution in [0.5, 0.6) is 0 Å². The number of nitrogens with one attached hydrogen (secondary N) is 1.